The van der Waals surface area contributed by atoms with E-state index in [1.165, 1.54) is 42.4 Å². The van der Waals surface area contributed by atoms with E-state index in [0.717, 1.165) is 12.3 Å². The predicted octanol–water partition coefficient (Wildman–Crippen LogP) is 5.06. The van der Waals surface area contributed by atoms with E-state index in [2.05, 4.69) is 52.8 Å². The van der Waals surface area contributed by atoms with Crippen LogP contribution in [-0.4, -0.2) is 11.7 Å². The Labute approximate surface area is 130 Å². The number of aryl methyl sites for hydroxylation is 2. The number of rotatable bonds is 3. The number of benzene rings is 1. The van der Waals surface area contributed by atoms with Gasteiger partial charge in [0.15, 0.2) is 0 Å². The van der Waals surface area contributed by atoms with Crippen LogP contribution in [0, 0.1) is 30.6 Å². The lowest BCUT2D eigenvalue weighted by atomic mass is 9.62. The summed E-state index contributed by atoms with van der Waals surface area (Å²) < 4.78 is 0. The average Bonchev–Trinajstić information content (AvgIpc) is 2.37. The van der Waals surface area contributed by atoms with Crippen LogP contribution in [-0.2, 0) is 6.42 Å². The highest BCUT2D eigenvalue weighted by atomic mass is 16.3. The third-order valence-electron chi connectivity index (χ3n) is 5.47. The van der Waals surface area contributed by atoms with Crippen molar-refractivity contribution in [3.63, 3.8) is 0 Å². The number of hydrogen-bond donors (Lipinski definition) is 1. The first-order chi connectivity index (χ1) is 9.74. The van der Waals surface area contributed by atoms with Crippen LogP contribution in [0.1, 0.15) is 63.1 Å². The predicted molar refractivity (Wildman–Crippen MR) is 90.6 cm³/mol. The van der Waals surface area contributed by atoms with Crippen molar-refractivity contribution in [2.24, 2.45) is 16.7 Å². The van der Waals surface area contributed by atoms with Crippen molar-refractivity contribution in [3.8, 4) is 0 Å². The Kier molecular flexibility index (Phi) is 4.82. The van der Waals surface area contributed by atoms with E-state index in [1.807, 2.05) is 0 Å². The van der Waals surface area contributed by atoms with Crippen molar-refractivity contribution < 1.29 is 5.11 Å². The summed E-state index contributed by atoms with van der Waals surface area (Å²) in [6.07, 6.45) is 5.88. The lowest BCUT2D eigenvalue weighted by Gasteiger charge is -2.43. The maximum atomic E-state index is 10.0. The first kappa shape index (κ1) is 16.5. The molecular weight excluding hydrogens is 256 g/mol. The Morgan fingerprint density at radius 2 is 1.57 bits per heavy atom. The lowest BCUT2D eigenvalue weighted by molar-refractivity contribution is 0.0369. The first-order valence-corrected chi connectivity index (χ1v) is 8.42. The Morgan fingerprint density at radius 1 is 1.05 bits per heavy atom. The third kappa shape index (κ3) is 4.10. The van der Waals surface area contributed by atoms with Gasteiger partial charge in [0.2, 0.25) is 0 Å². The Balaban J connectivity index is 2.10. The van der Waals surface area contributed by atoms with Crippen molar-refractivity contribution in [1.82, 2.24) is 0 Å². The maximum Gasteiger partial charge on any atom is 0.0490 e. The number of aliphatic hydroxyl groups excluding tert-OH is 1. The molecule has 0 unspecified atom stereocenters. The minimum absolute atomic E-state index is 0.113. The minimum Gasteiger partial charge on any atom is -0.396 e. The summed E-state index contributed by atoms with van der Waals surface area (Å²) in [6, 6.07) is 6.81. The normalized spacial score (nSPS) is 26.9. The summed E-state index contributed by atoms with van der Waals surface area (Å²) >= 11 is 0. The number of aliphatic hydroxyl groups is 1. The highest BCUT2D eigenvalue weighted by Gasteiger charge is 2.38. The molecule has 0 aliphatic heterocycles. The lowest BCUT2D eigenvalue weighted by Crippen LogP contribution is -2.36. The molecule has 0 amide bonds. The Morgan fingerprint density at radius 3 is 2.00 bits per heavy atom. The molecule has 2 rings (SSSR count). The van der Waals surface area contributed by atoms with E-state index in [0.29, 0.717) is 12.0 Å². The van der Waals surface area contributed by atoms with Gasteiger partial charge in [0, 0.05) is 6.61 Å². The summed E-state index contributed by atoms with van der Waals surface area (Å²) in [6.45, 7) is 11.7. The molecule has 0 spiro atoms. The highest BCUT2D eigenvalue weighted by Crippen LogP contribution is 2.46. The monoisotopic (exact) mass is 288 g/mol. The molecule has 0 heterocycles. The molecule has 1 N–H and O–H groups in total. The van der Waals surface area contributed by atoms with E-state index in [-0.39, 0.29) is 5.41 Å². The van der Waals surface area contributed by atoms with Crippen LogP contribution in [0.25, 0.3) is 0 Å². The molecule has 1 aromatic carbocycles. The number of hydrogen-bond acceptors (Lipinski definition) is 1. The molecule has 118 valence electrons. The Hall–Kier alpha value is -0.820. The van der Waals surface area contributed by atoms with Gasteiger partial charge in [-0.1, -0.05) is 50.1 Å². The quantitative estimate of drug-likeness (QED) is 0.824. The summed E-state index contributed by atoms with van der Waals surface area (Å²) in [5.74, 6) is 0.802. The van der Waals surface area contributed by atoms with Gasteiger partial charge in [-0.25, -0.2) is 0 Å². The fourth-order valence-electron chi connectivity index (χ4n) is 4.09. The maximum absolute atomic E-state index is 10.0. The van der Waals surface area contributed by atoms with E-state index in [1.54, 1.807) is 0 Å². The van der Waals surface area contributed by atoms with Crippen LogP contribution in [0.4, 0.5) is 0 Å². The molecule has 0 saturated heterocycles. The minimum atomic E-state index is 0.113. The van der Waals surface area contributed by atoms with Crippen LogP contribution in [0.15, 0.2) is 18.2 Å². The van der Waals surface area contributed by atoms with Gasteiger partial charge in [-0.2, -0.15) is 0 Å². The van der Waals surface area contributed by atoms with E-state index in [4.69, 9.17) is 0 Å². The third-order valence-corrected chi connectivity index (χ3v) is 5.47. The fourth-order valence-corrected chi connectivity index (χ4v) is 4.09. The van der Waals surface area contributed by atoms with Gasteiger partial charge in [0.1, 0.15) is 0 Å². The molecule has 1 aromatic rings. The molecule has 1 heteroatoms. The van der Waals surface area contributed by atoms with Crippen LogP contribution in [0.2, 0.25) is 0 Å². The average molecular weight is 288 g/mol. The molecule has 1 saturated carbocycles. The summed E-state index contributed by atoms with van der Waals surface area (Å²) in [5, 5.41) is 10.0. The van der Waals surface area contributed by atoms with E-state index >= 15 is 0 Å². The SMILES string of the molecule is Cc1cc(C)cc(CC2(CO)CCC(C(C)(C)C)CC2)c1. The smallest absolute Gasteiger partial charge is 0.0490 e. The van der Waals surface area contributed by atoms with Gasteiger partial charge in [-0.15, -0.1) is 0 Å². The van der Waals surface area contributed by atoms with Gasteiger partial charge in [0.05, 0.1) is 0 Å². The van der Waals surface area contributed by atoms with Crippen LogP contribution in [0.3, 0.4) is 0 Å². The molecule has 0 radical (unpaired) electrons. The van der Waals surface area contributed by atoms with Crippen molar-refractivity contribution in [3.05, 3.63) is 34.9 Å². The summed E-state index contributed by atoms with van der Waals surface area (Å²) in [5.41, 5.74) is 4.59. The molecule has 0 atom stereocenters. The highest BCUT2D eigenvalue weighted by molar-refractivity contribution is 5.29. The molecule has 21 heavy (non-hydrogen) atoms. The molecule has 0 aromatic heterocycles. The second kappa shape index (κ2) is 6.12. The van der Waals surface area contributed by atoms with Crippen molar-refractivity contribution in [1.29, 1.82) is 0 Å². The van der Waals surface area contributed by atoms with Gasteiger partial charge >= 0.3 is 0 Å². The van der Waals surface area contributed by atoms with Crippen LogP contribution in [0.5, 0.6) is 0 Å². The van der Waals surface area contributed by atoms with E-state index < -0.39 is 0 Å². The van der Waals surface area contributed by atoms with Gasteiger partial charge in [-0.3, -0.25) is 0 Å². The largest absolute Gasteiger partial charge is 0.396 e. The molecular formula is C20H32O. The zero-order valence-corrected chi connectivity index (χ0v) is 14.5. The van der Waals surface area contributed by atoms with Crippen LogP contribution < -0.4 is 0 Å². The van der Waals surface area contributed by atoms with E-state index in [9.17, 15) is 5.11 Å². The summed E-state index contributed by atoms with van der Waals surface area (Å²) in [7, 11) is 0. The van der Waals surface area contributed by atoms with Crippen molar-refractivity contribution in [2.45, 2.75) is 66.7 Å². The Bertz CT molecular complexity index is 453. The van der Waals surface area contributed by atoms with Crippen LogP contribution >= 0.6 is 0 Å². The van der Waals surface area contributed by atoms with Gasteiger partial charge < -0.3 is 5.11 Å². The molecule has 1 aliphatic carbocycles. The molecule has 1 nitrogen and oxygen atoms in total. The first-order valence-electron chi connectivity index (χ1n) is 8.42. The standard InChI is InChI=1S/C20H32O/c1-15-10-16(2)12-17(11-15)13-20(14-21)8-6-18(7-9-20)19(3,4)5/h10-12,18,21H,6-9,13-14H2,1-5H3. The summed E-state index contributed by atoms with van der Waals surface area (Å²) in [4.78, 5) is 0. The molecule has 0 bridgehead atoms. The zero-order chi connectivity index (χ0) is 15.7. The second-order valence-electron chi connectivity index (χ2n) is 8.47. The fraction of sp³-hybridized carbons (Fsp3) is 0.700. The molecule has 1 aliphatic rings. The molecule has 1 fully saturated rings. The van der Waals surface area contributed by atoms with Crippen molar-refractivity contribution >= 4 is 0 Å². The van der Waals surface area contributed by atoms with Gasteiger partial charge in [0.25, 0.3) is 0 Å². The van der Waals surface area contributed by atoms with Crippen molar-refractivity contribution in [2.75, 3.05) is 6.61 Å². The second-order valence-corrected chi connectivity index (χ2v) is 8.47. The topological polar surface area (TPSA) is 20.2 Å². The van der Waals surface area contributed by atoms with Gasteiger partial charge in [-0.05, 0) is 68.3 Å². The zero-order valence-electron chi connectivity index (χ0n) is 14.5.